The van der Waals surface area contributed by atoms with Crippen molar-refractivity contribution >= 4 is 29.5 Å². The Morgan fingerprint density at radius 1 is 1.36 bits per heavy atom. The average Bonchev–Trinajstić information content (AvgIpc) is 2.59. The first-order chi connectivity index (χ1) is 11.9. The van der Waals surface area contributed by atoms with E-state index in [9.17, 15) is 19.6 Å². The van der Waals surface area contributed by atoms with E-state index in [1.807, 2.05) is 19.1 Å². The Labute approximate surface area is 149 Å². The number of methoxy groups -OCH3 is 1. The maximum absolute atomic E-state index is 12.5. The standard InChI is InChI=1S/C17H17N3O4S/c1-9-3-5-10(6-4-9)13-11(7-18)16(25-8-12(19)21)20-15(22)14(13)17(23)24-2/h3-6,13-14H,8H2,1-2H3,(H2,19,21)(H,20,22)/t13-,14+/m1/s1. The van der Waals surface area contributed by atoms with Crippen LogP contribution in [0.5, 0.6) is 0 Å². The molecule has 1 aliphatic heterocycles. The molecule has 0 saturated carbocycles. The highest BCUT2D eigenvalue weighted by Crippen LogP contribution is 2.40. The van der Waals surface area contributed by atoms with Crippen molar-refractivity contribution in [2.45, 2.75) is 12.8 Å². The van der Waals surface area contributed by atoms with E-state index in [4.69, 9.17) is 10.5 Å². The molecule has 2 atom stereocenters. The van der Waals surface area contributed by atoms with Crippen molar-refractivity contribution < 1.29 is 19.1 Å². The number of esters is 1. The van der Waals surface area contributed by atoms with Crippen LogP contribution < -0.4 is 11.1 Å². The third kappa shape index (κ3) is 4.00. The third-order valence-corrected chi connectivity index (χ3v) is 4.82. The molecule has 0 radical (unpaired) electrons. The van der Waals surface area contributed by atoms with Crippen LogP contribution >= 0.6 is 11.8 Å². The van der Waals surface area contributed by atoms with Crippen LogP contribution in [0, 0.1) is 24.2 Å². The van der Waals surface area contributed by atoms with E-state index in [1.54, 1.807) is 12.1 Å². The summed E-state index contributed by atoms with van der Waals surface area (Å²) in [5.74, 6) is -3.95. The molecule has 8 heteroatoms. The molecule has 0 fully saturated rings. The van der Waals surface area contributed by atoms with Crippen molar-refractivity contribution in [3.63, 3.8) is 0 Å². The predicted octanol–water partition coefficient (Wildman–Crippen LogP) is 0.951. The Bertz CT molecular complexity index is 780. The van der Waals surface area contributed by atoms with Crippen LogP contribution in [-0.2, 0) is 19.1 Å². The molecule has 1 aromatic carbocycles. The summed E-state index contributed by atoms with van der Waals surface area (Å²) in [6.45, 7) is 1.91. The molecule has 3 N–H and O–H groups in total. The molecule has 1 heterocycles. The average molecular weight is 359 g/mol. The molecule has 0 bridgehead atoms. The zero-order valence-corrected chi connectivity index (χ0v) is 14.6. The molecule has 0 saturated heterocycles. The van der Waals surface area contributed by atoms with Gasteiger partial charge in [-0.25, -0.2) is 0 Å². The summed E-state index contributed by atoms with van der Waals surface area (Å²) in [7, 11) is 1.19. The molecule has 1 aliphatic rings. The second kappa shape index (κ2) is 7.85. The van der Waals surface area contributed by atoms with Crippen molar-refractivity contribution in [1.29, 1.82) is 5.26 Å². The lowest BCUT2D eigenvalue weighted by atomic mass is 9.78. The number of amides is 2. The number of rotatable bonds is 5. The molecule has 0 aromatic heterocycles. The smallest absolute Gasteiger partial charge is 0.319 e. The molecule has 2 amide bonds. The van der Waals surface area contributed by atoms with Gasteiger partial charge in [-0.3, -0.25) is 14.4 Å². The van der Waals surface area contributed by atoms with Crippen LogP contribution in [0.4, 0.5) is 0 Å². The highest BCUT2D eigenvalue weighted by Gasteiger charge is 2.44. The Balaban J connectivity index is 2.57. The van der Waals surface area contributed by atoms with E-state index in [0.29, 0.717) is 5.56 Å². The SMILES string of the molecule is COC(=O)[C@@H]1C(=O)NC(SCC(N)=O)=C(C#N)[C@H]1c1ccc(C)cc1. The normalized spacial score (nSPS) is 19.8. The molecule has 0 spiro atoms. The molecular formula is C17H17N3O4S. The lowest BCUT2D eigenvalue weighted by Gasteiger charge is -2.30. The van der Waals surface area contributed by atoms with Crippen LogP contribution in [0.25, 0.3) is 0 Å². The Morgan fingerprint density at radius 3 is 2.52 bits per heavy atom. The van der Waals surface area contributed by atoms with Crippen LogP contribution in [0.1, 0.15) is 17.0 Å². The fourth-order valence-corrected chi connectivity index (χ4v) is 3.38. The van der Waals surface area contributed by atoms with Crippen LogP contribution in [0.15, 0.2) is 34.9 Å². The molecule has 130 valence electrons. The first kappa shape index (κ1) is 18.5. The summed E-state index contributed by atoms with van der Waals surface area (Å²) >= 11 is 0.963. The molecule has 7 nitrogen and oxygen atoms in total. The Morgan fingerprint density at radius 2 is 2.00 bits per heavy atom. The van der Waals surface area contributed by atoms with Gasteiger partial charge >= 0.3 is 5.97 Å². The number of nitrogens with two attached hydrogens (primary N) is 1. The highest BCUT2D eigenvalue weighted by molar-refractivity contribution is 8.03. The minimum Gasteiger partial charge on any atom is -0.468 e. The number of hydrogen-bond acceptors (Lipinski definition) is 6. The molecule has 0 aliphatic carbocycles. The van der Waals surface area contributed by atoms with Crippen LogP contribution in [0.3, 0.4) is 0 Å². The van der Waals surface area contributed by atoms with Gasteiger partial charge in [0.25, 0.3) is 0 Å². The summed E-state index contributed by atoms with van der Waals surface area (Å²) < 4.78 is 4.75. The number of carbonyl (C=O) groups is 3. The topological polar surface area (TPSA) is 122 Å². The van der Waals surface area contributed by atoms with Gasteiger partial charge in [0, 0.05) is 5.92 Å². The van der Waals surface area contributed by atoms with Gasteiger partial charge in [-0.2, -0.15) is 5.26 Å². The number of hydrogen-bond donors (Lipinski definition) is 2. The second-order valence-electron chi connectivity index (χ2n) is 5.49. The minimum atomic E-state index is -1.18. The zero-order valence-electron chi connectivity index (χ0n) is 13.7. The van der Waals surface area contributed by atoms with Crippen molar-refractivity contribution in [3.8, 4) is 6.07 Å². The fourth-order valence-electron chi connectivity index (χ4n) is 2.60. The first-order valence-electron chi connectivity index (χ1n) is 7.39. The maximum atomic E-state index is 12.5. The summed E-state index contributed by atoms with van der Waals surface area (Å²) in [5, 5.41) is 12.4. The van der Waals surface area contributed by atoms with E-state index < -0.39 is 29.6 Å². The van der Waals surface area contributed by atoms with Crippen molar-refractivity contribution in [1.82, 2.24) is 5.32 Å². The Hall–Kier alpha value is -2.79. The number of nitrogens with zero attached hydrogens (tertiary/aromatic N) is 1. The Kier molecular flexibility index (Phi) is 5.83. The predicted molar refractivity (Wildman–Crippen MR) is 91.9 cm³/mol. The first-order valence-corrected chi connectivity index (χ1v) is 8.38. The van der Waals surface area contributed by atoms with Crippen LogP contribution in [0.2, 0.25) is 0 Å². The summed E-state index contributed by atoms with van der Waals surface area (Å²) in [6, 6.07) is 9.26. The van der Waals surface area contributed by atoms with Crippen molar-refractivity contribution in [2.24, 2.45) is 11.7 Å². The number of nitrogens with one attached hydrogen (secondary N) is 1. The van der Waals surface area contributed by atoms with Gasteiger partial charge in [0.1, 0.15) is 5.92 Å². The van der Waals surface area contributed by atoms with Crippen LogP contribution in [-0.4, -0.2) is 30.6 Å². The maximum Gasteiger partial charge on any atom is 0.319 e. The van der Waals surface area contributed by atoms with E-state index in [0.717, 1.165) is 17.3 Å². The number of primary amides is 1. The molecule has 0 unspecified atom stereocenters. The van der Waals surface area contributed by atoms with Gasteiger partial charge in [-0.1, -0.05) is 41.6 Å². The summed E-state index contributed by atoms with van der Waals surface area (Å²) in [4.78, 5) is 35.7. The number of carbonyl (C=O) groups excluding carboxylic acids is 3. The summed E-state index contributed by atoms with van der Waals surface area (Å²) in [6.07, 6.45) is 0. The van der Waals surface area contributed by atoms with Gasteiger partial charge in [0.15, 0.2) is 0 Å². The number of benzene rings is 1. The molecule has 1 aromatic rings. The largest absolute Gasteiger partial charge is 0.468 e. The number of aryl methyl sites for hydroxylation is 1. The number of allylic oxidation sites excluding steroid dienone is 1. The van der Waals surface area contributed by atoms with Crippen molar-refractivity contribution in [3.05, 3.63) is 46.0 Å². The van der Waals surface area contributed by atoms with E-state index in [-0.39, 0.29) is 16.4 Å². The zero-order chi connectivity index (χ0) is 18.6. The minimum absolute atomic E-state index is 0.0930. The van der Waals surface area contributed by atoms with Gasteiger partial charge in [0.2, 0.25) is 11.8 Å². The summed E-state index contributed by atoms with van der Waals surface area (Å²) in [5.41, 5.74) is 6.98. The monoisotopic (exact) mass is 359 g/mol. The number of nitriles is 1. The fraction of sp³-hybridized carbons (Fsp3) is 0.294. The second-order valence-corrected chi connectivity index (χ2v) is 6.47. The molecule has 2 rings (SSSR count). The third-order valence-electron chi connectivity index (χ3n) is 3.78. The lowest BCUT2D eigenvalue weighted by molar-refractivity contribution is -0.150. The number of thioether (sulfide) groups is 1. The molecule has 25 heavy (non-hydrogen) atoms. The van der Waals surface area contributed by atoms with E-state index >= 15 is 0 Å². The van der Waals surface area contributed by atoms with Gasteiger partial charge in [-0.15, -0.1) is 0 Å². The lowest BCUT2D eigenvalue weighted by Crippen LogP contribution is -2.44. The van der Waals surface area contributed by atoms with Gasteiger partial charge in [0.05, 0.1) is 29.5 Å². The van der Waals surface area contributed by atoms with E-state index in [1.165, 1.54) is 7.11 Å². The van der Waals surface area contributed by atoms with Gasteiger partial charge < -0.3 is 15.8 Å². The van der Waals surface area contributed by atoms with Gasteiger partial charge in [-0.05, 0) is 12.5 Å². The van der Waals surface area contributed by atoms with Crippen molar-refractivity contribution in [2.75, 3.05) is 12.9 Å². The highest BCUT2D eigenvalue weighted by atomic mass is 32.2. The number of ether oxygens (including phenoxy) is 1. The quantitative estimate of drug-likeness (QED) is 0.596. The van der Waals surface area contributed by atoms with E-state index in [2.05, 4.69) is 11.4 Å². The molecular weight excluding hydrogens is 342 g/mol.